The second-order valence-electron chi connectivity index (χ2n) is 4.81. The summed E-state index contributed by atoms with van der Waals surface area (Å²) in [5, 5.41) is 2.52. The maximum Gasteiger partial charge on any atom is 0.407 e. The van der Waals surface area contributed by atoms with Crippen LogP contribution in [0.5, 0.6) is 0 Å². The van der Waals surface area contributed by atoms with Gasteiger partial charge in [-0.1, -0.05) is 13.8 Å². The Morgan fingerprint density at radius 1 is 1.41 bits per heavy atom. The zero-order valence-corrected chi connectivity index (χ0v) is 9.59. The van der Waals surface area contributed by atoms with Gasteiger partial charge in [0.05, 0.1) is 6.04 Å². The molecule has 1 aliphatic heterocycles. The Labute approximate surface area is 97.8 Å². The number of nitrogens with one attached hydrogen (secondary N) is 1. The molecule has 1 heterocycles. The van der Waals surface area contributed by atoms with Gasteiger partial charge in [0, 0.05) is 11.0 Å². The fourth-order valence-corrected chi connectivity index (χ4v) is 1.92. The summed E-state index contributed by atoms with van der Waals surface area (Å²) in [7, 11) is 0. The number of alkyl carbamates (subject to hydrolysis) is 1. The van der Waals surface area contributed by atoms with Crippen LogP contribution in [0.2, 0.25) is 0 Å². The largest absolute Gasteiger partial charge is 0.449 e. The van der Waals surface area contributed by atoms with Crippen LogP contribution in [0.15, 0.2) is 18.2 Å². The average Bonchev–Trinajstić information content (AvgIpc) is 2.26. The summed E-state index contributed by atoms with van der Waals surface area (Å²) in [6.45, 7) is 3.81. The van der Waals surface area contributed by atoms with E-state index in [1.807, 2.05) is 13.8 Å². The summed E-state index contributed by atoms with van der Waals surface area (Å²) < 4.78 is 31.7. The fraction of sp³-hybridized carbons (Fsp3) is 0.417. The third kappa shape index (κ3) is 2.23. The highest BCUT2D eigenvalue weighted by molar-refractivity contribution is 5.69. The van der Waals surface area contributed by atoms with E-state index in [0.717, 1.165) is 18.2 Å². The van der Waals surface area contributed by atoms with Gasteiger partial charge < -0.3 is 10.1 Å². The van der Waals surface area contributed by atoms with Gasteiger partial charge in [-0.05, 0) is 18.2 Å². The lowest BCUT2D eigenvalue weighted by atomic mass is 9.80. The molecule has 0 spiro atoms. The van der Waals surface area contributed by atoms with Crippen molar-refractivity contribution in [3.63, 3.8) is 0 Å². The zero-order valence-electron chi connectivity index (χ0n) is 9.59. The molecule has 0 unspecified atom stereocenters. The lowest BCUT2D eigenvalue weighted by molar-refractivity contribution is 0.0377. The highest BCUT2D eigenvalue weighted by Gasteiger charge is 2.39. The molecule has 1 amide bonds. The number of cyclic esters (lactones) is 1. The summed E-state index contributed by atoms with van der Waals surface area (Å²) in [6.07, 6.45) is -0.613. The second-order valence-corrected chi connectivity index (χ2v) is 4.81. The van der Waals surface area contributed by atoms with Crippen LogP contribution >= 0.6 is 0 Å². The van der Waals surface area contributed by atoms with Gasteiger partial charge in [-0.25, -0.2) is 13.6 Å². The van der Waals surface area contributed by atoms with Crippen LogP contribution < -0.4 is 5.32 Å². The van der Waals surface area contributed by atoms with Crippen molar-refractivity contribution in [2.24, 2.45) is 5.41 Å². The highest BCUT2D eigenvalue weighted by Crippen LogP contribution is 2.37. The van der Waals surface area contributed by atoms with E-state index >= 15 is 0 Å². The van der Waals surface area contributed by atoms with Crippen molar-refractivity contribution < 1.29 is 18.3 Å². The van der Waals surface area contributed by atoms with Gasteiger partial charge in [0.1, 0.15) is 18.2 Å². The molecule has 92 valence electrons. The van der Waals surface area contributed by atoms with E-state index in [-0.39, 0.29) is 12.2 Å². The molecule has 1 aromatic carbocycles. The Balaban J connectivity index is 2.42. The Hall–Kier alpha value is -1.65. The number of benzene rings is 1. The SMILES string of the molecule is CC1(C)COC(=O)N[C@@H]1c1cc(F)ccc1F. The summed E-state index contributed by atoms with van der Waals surface area (Å²) in [5.41, 5.74) is -0.352. The molecular formula is C12H13F2NO2. The lowest BCUT2D eigenvalue weighted by Gasteiger charge is -2.38. The smallest absolute Gasteiger partial charge is 0.407 e. The third-order valence-corrected chi connectivity index (χ3v) is 2.89. The minimum Gasteiger partial charge on any atom is -0.449 e. The number of halogens is 2. The molecule has 0 bridgehead atoms. The predicted molar refractivity (Wildman–Crippen MR) is 57.4 cm³/mol. The first-order valence-electron chi connectivity index (χ1n) is 5.28. The lowest BCUT2D eigenvalue weighted by Crippen LogP contribution is -2.47. The second kappa shape index (κ2) is 3.98. The van der Waals surface area contributed by atoms with Crippen molar-refractivity contribution in [2.75, 3.05) is 6.61 Å². The maximum atomic E-state index is 13.7. The van der Waals surface area contributed by atoms with E-state index < -0.39 is 29.2 Å². The first kappa shape index (κ1) is 11.8. The summed E-state index contributed by atoms with van der Waals surface area (Å²) in [5.74, 6) is -1.07. The third-order valence-electron chi connectivity index (χ3n) is 2.89. The summed E-state index contributed by atoms with van der Waals surface area (Å²) in [4.78, 5) is 11.2. The number of rotatable bonds is 1. The Morgan fingerprint density at radius 2 is 2.12 bits per heavy atom. The number of ether oxygens (including phenoxy) is 1. The van der Waals surface area contributed by atoms with Crippen molar-refractivity contribution in [3.8, 4) is 0 Å². The predicted octanol–water partition coefficient (Wildman–Crippen LogP) is 2.77. The quantitative estimate of drug-likeness (QED) is 0.821. The number of hydrogen-bond donors (Lipinski definition) is 1. The molecule has 3 nitrogen and oxygen atoms in total. The summed E-state index contributed by atoms with van der Waals surface area (Å²) >= 11 is 0. The van der Waals surface area contributed by atoms with Gasteiger partial charge in [0.15, 0.2) is 0 Å². The molecule has 1 atom stereocenters. The van der Waals surface area contributed by atoms with Crippen LogP contribution in [0.4, 0.5) is 13.6 Å². The summed E-state index contributed by atoms with van der Waals surface area (Å²) in [6, 6.07) is 2.61. The van der Waals surface area contributed by atoms with E-state index in [1.165, 1.54) is 0 Å². The van der Waals surface area contributed by atoms with E-state index in [4.69, 9.17) is 4.74 Å². The van der Waals surface area contributed by atoms with Crippen LogP contribution in [0.1, 0.15) is 25.5 Å². The van der Waals surface area contributed by atoms with E-state index in [1.54, 1.807) is 0 Å². The Bertz CT molecular complexity index is 460. The molecule has 0 saturated carbocycles. The molecule has 0 radical (unpaired) electrons. The first-order chi connectivity index (χ1) is 7.90. The number of carbonyl (C=O) groups is 1. The maximum absolute atomic E-state index is 13.7. The molecule has 1 aromatic rings. The van der Waals surface area contributed by atoms with Crippen LogP contribution in [0.25, 0.3) is 0 Å². The van der Waals surface area contributed by atoms with Crippen molar-refractivity contribution in [2.45, 2.75) is 19.9 Å². The molecule has 2 rings (SSSR count). The van der Waals surface area contributed by atoms with Gasteiger partial charge in [-0.15, -0.1) is 0 Å². The number of carbonyl (C=O) groups excluding carboxylic acids is 1. The monoisotopic (exact) mass is 241 g/mol. The Morgan fingerprint density at radius 3 is 2.82 bits per heavy atom. The molecule has 1 saturated heterocycles. The molecule has 0 aliphatic carbocycles. The van der Waals surface area contributed by atoms with Crippen LogP contribution in [0, 0.1) is 17.0 Å². The topological polar surface area (TPSA) is 38.3 Å². The van der Waals surface area contributed by atoms with Crippen molar-refractivity contribution >= 4 is 6.09 Å². The Kier molecular flexibility index (Phi) is 2.77. The van der Waals surface area contributed by atoms with Gasteiger partial charge in [0.25, 0.3) is 0 Å². The van der Waals surface area contributed by atoms with Crippen molar-refractivity contribution in [1.29, 1.82) is 0 Å². The van der Waals surface area contributed by atoms with E-state index in [2.05, 4.69) is 5.32 Å². The highest BCUT2D eigenvalue weighted by atomic mass is 19.1. The van der Waals surface area contributed by atoms with Gasteiger partial charge in [0.2, 0.25) is 0 Å². The first-order valence-corrected chi connectivity index (χ1v) is 5.28. The van der Waals surface area contributed by atoms with Crippen molar-refractivity contribution in [3.05, 3.63) is 35.4 Å². The minimum absolute atomic E-state index is 0.145. The van der Waals surface area contributed by atoms with Crippen LogP contribution in [-0.2, 0) is 4.74 Å². The normalized spacial score (nSPS) is 22.8. The molecule has 1 fully saturated rings. The number of amides is 1. The van der Waals surface area contributed by atoms with Crippen molar-refractivity contribution in [1.82, 2.24) is 5.32 Å². The zero-order chi connectivity index (χ0) is 12.6. The molecule has 17 heavy (non-hydrogen) atoms. The fourth-order valence-electron chi connectivity index (χ4n) is 1.92. The van der Waals surface area contributed by atoms with Gasteiger partial charge in [-0.2, -0.15) is 0 Å². The van der Waals surface area contributed by atoms with Crippen LogP contribution in [-0.4, -0.2) is 12.7 Å². The van der Waals surface area contributed by atoms with E-state index in [9.17, 15) is 13.6 Å². The van der Waals surface area contributed by atoms with E-state index in [0.29, 0.717) is 0 Å². The van der Waals surface area contributed by atoms with Crippen LogP contribution in [0.3, 0.4) is 0 Å². The minimum atomic E-state index is -0.613. The average molecular weight is 241 g/mol. The molecule has 5 heteroatoms. The molecule has 1 aliphatic rings. The standard InChI is InChI=1S/C12H13F2NO2/c1-12(2)6-17-11(16)15-10(12)8-5-7(13)3-4-9(8)14/h3-5,10H,6H2,1-2H3,(H,15,16)/t10-/m1/s1. The molecule has 0 aromatic heterocycles. The van der Waals surface area contributed by atoms with Gasteiger partial charge >= 0.3 is 6.09 Å². The number of hydrogen-bond acceptors (Lipinski definition) is 2. The molecule has 1 N–H and O–H groups in total. The molecular weight excluding hydrogens is 228 g/mol. The van der Waals surface area contributed by atoms with Gasteiger partial charge in [-0.3, -0.25) is 0 Å².